The number of amides is 2. The second-order valence-electron chi connectivity index (χ2n) is 7.55. The Morgan fingerprint density at radius 1 is 1.18 bits per heavy atom. The molecule has 0 saturated carbocycles. The summed E-state index contributed by atoms with van der Waals surface area (Å²) >= 11 is 0. The molecule has 34 heavy (non-hydrogen) atoms. The zero-order chi connectivity index (χ0) is 24.5. The molecule has 1 aliphatic rings. The number of H-pyrrole nitrogens is 1. The Morgan fingerprint density at radius 2 is 1.94 bits per heavy atom. The average molecular weight is 469 g/mol. The molecule has 2 aromatic heterocycles. The van der Waals surface area contributed by atoms with Crippen molar-refractivity contribution >= 4 is 34.5 Å². The number of hydrogen-bond acceptors (Lipinski definition) is 7. The number of aromatic amines is 1. The second-order valence-corrected chi connectivity index (χ2v) is 7.55. The summed E-state index contributed by atoms with van der Waals surface area (Å²) in [6, 6.07) is 5.19. The van der Waals surface area contributed by atoms with Crippen LogP contribution in [0, 0.1) is 0 Å². The van der Waals surface area contributed by atoms with Crippen LogP contribution in [0.4, 0.5) is 5.69 Å². The van der Waals surface area contributed by atoms with Gasteiger partial charge in [0.25, 0.3) is 11.8 Å². The summed E-state index contributed by atoms with van der Waals surface area (Å²) in [6.45, 7) is 6.87. The van der Waals surface area contributed by atoms with Gasteiger partial charge < -0.3 is 30.8 Å². The Hall–Kier alpha value is -3.99. The van der Waals surface area contributed by atoms with E-state index in [9.17, 15) is 14.4 Å². The molecule has 0 saturated heterocycles. The summed E-state index contributed by atoms with van der Waals surface area (Å²) in [5.41, 5.74) is 1.71. The molecule has 0 atom stereocenters. The number of nitrogens with one attached hydrogen (secondary N) is 4. The molecule has 3 aromatic rings. The molecule has 180 valence electrons. The summed E-state index contributed by atoms with van der Waals surface area (Å²) in [6.07, 6.45) is 4.91. The first-order valence-electron chi connectivity index (χ1n) is 11.0. The average Bonchev–Trinajstić information content (AvgIpc) is 3.28. The maximum atomic E-state index is 12.5. The number of carboxylic acid groups (broad SMARTS) is 1. The molecule has 1 aliphatic heterocycles. The molecule has 4 rings (SSSR count). The highest BCUT2D eigenvalue weighted by Crippen LogP contribution is 2.28. The number of carbonyl (C=O) groups is 3. The van der Waals surface area contributed by atoms with E-state index in [1.165, 1.54) is 32.1 Å². The highest BCUT2D eigenvalue weighted by atomic mass is 16.5. The highest BCUT2D eigenvalue weighted by Gasteiger charge is 2.20. The van der Waals surface area contributed by atoms with Crippen LogP contribution >= 0.6 is 0 Å². The van der Waals surface area contributed by atoms with Gasteiger partial charge in [-0.25, -0.2) is 14.8 Å². The molecule has 0 spiro atoms. The van der Waals surface area contributed by atoms with Crippen LogP contribution in [-0.4, -0.2) is 57.5 Å². The second kappa shape index (κ2) is 11.8. The van der Waals surface area contributed by atoms with E-state index in [1.54, 1.807) is 18.2 Å². The first kappa shape index (κ1) is 24.6. The van der Waals surface area contributed by atoms with Crippen LogP contribution in [0.15, 0.2) is 30.7 Å². The van der Waals surface area contributed by atoms with Crippen molar-refractivity contribution in [3.8, 4) is 5.75 Å². The minimum Gasteiger partial charge on any atom is -0.482 e. The highest BCUT2D eigenvalue weighted by molar-refractivity contribution is 6.08. The Kier molecular flexibility index (Phi) is 8.52. The lowest BCUT2D eigenvalue weighted by Crippen LogP contribution is -2.26. The number of aromatic carboxylic acids is 1. The maximum Gasteiger partial charge on any atom is 0.339 e. The van der Waals surface area contributed by atoms with Gasteiger partial charge in [-0.15, -0.1) is 0 Å². The van der Waals surface area contributed by atoms with Crippen LogP contribution in [-0.2, 0) is 11.3 Å². The molecule has 1 aromatic carbocycles. The zero-order valence-electron chi connectivity index (χ0n) is 19.1. The van der Waals surface area contributed by atoms with E-state index in [0.717, 1.165) is 11.9 Å². The molecule has 0 fully saturated rings. The van der Waals surface area contributed by atoms with Crippen molar-refractivity contribution in [2.45, 2.75) is 33.2 Å². The Labute approximate surface area is 196 Å². The number of aromatic nitrogens is 3. The Balaban J connectivity index is 0.000000406. The molecule has 0 unspecified atom stereocenters. The minimum atomic E-state index is -1.15. The lowest BCUT2D eigenvalue weighted by atomic mass is 10.1. The molecule has 2 amide bonds. The number of nitrogens with zero attached hydrogens (tertiary/aromatic N) is 2. The summed E-state index contributed by atoms with van der Waals surface area (Å²) in [5, 5.41) is 17.8. The SMILES string of the molecule is CCCNCCC.O=C1COc2ccc(CNC(=O)c3ncnc4c(C(=O)O)c[nH]c34)cc2N1. The lowest BCUT2D eigenvalue weighted by molar-refractivity contribution is -0.118. The Morgan fingerprint density at radius 3 is 2.65 bits per heavy atom. The van der Waals surface area contributed by atoms with E-state index < -0.39 is 11.9 Å². The van der Waals surface area contributed by atoms with Crippen LogP contribution in [0.2, 0.25) is 0 Å². The van der Waals surface area contributed by atoms with Gasteiger partial charge in [-0.1, -0.05) is 19.9 Å². The molecule has 11 heteroatoms. The first-order valence-corrected chi connectivity index (χ1v) is 11.0. The summed E-state index contributed by atoms with van der Waals surface area (Å²) in [5.74, 6) is -1.31. The van der Waals surface area contributed by atoms with Crippen LogP contribution in [0.1, 0.15) is 53.1 Å². The fourth-order valence-electron chi connectivity index (χ4n) is 3.26. The van der Waals surface area contributed by atoms with Crippen molar-refractivity contribution in [3.05, 3.63) is 47.5 Å². The van der Waals surface area contributed by atoms with Crippen molar-refractivity contribution in [2.75, 3.05) is 25.0 Å². The summed E-state index contributed by atoms with van der Waals surface area (Å²) < 4.78 is 5.29. The molecule has 3 heterocycles. The van der Waals surface area contributed by atoms with E-state index in [4.69, 9.17) is 9.84 Å². The van der Waals surface area contributed by atoms with Crippen molar-refractivity contribution in [3.63, 3.8) is 0 Å². The van der Waals surface area contributed by atoms with Gasteiger partial charge in [-0.2, -0.15) is 0 Å². The zero-order valence-corrected chi connectivity index (χ0v) is 19.1. The normalized spacial score (nSPS) is 12.1. The number of carboxylic acids is 1. The number of fused-ring (bicyclic) bond motifs is 2. The molecule has 11 nitrogen and oxygen atoms in total. The van der Waals surface area contributed by atoms with Gasteiger partial charge in [-0.05, 0) is 43.6 Å². The Bertz CT molecular complexity index is 1170. The summed E-state index contributed by atoms with van der Waals surface area (Å²) in [7, 11) is 0. The van der Waals surface area contributed by atoms with Crippen molar-refractivity contribution < 1.29 is 24.2 Å². The van der Waals surface area contributed by atoms with E-state index >= 15 is 0 Å². The molecule has 0 radical (unpaired) electrons. The monoisotopic (exact) mass is 468 g/mol. The number of benzene rings is 1. The van der Waals surface area contributed by atoms with Crippen LogP contribution in [0.5, 0.6) is 5.75 Å². The molecular weight excluding hydrogens is 440 g/mol. The van der Waals surface area contributed by atoms with Gasteiger partial charge >= 0.3 is 5.97 Å². The van der Waals surface area contributed by atoms with Crippen LogP contribution in [0.3, 0.4) is 0 Å². The van der Waals surface area contributed by atoms with E-state index in [0.29, 0.717) is 11.4 Å². The lowest BCUT2D eigenvalue weighted by Gasteiger charge is -2.18. The maximum absolute atomic E-state index is 12.5. The summed E-state index contributed by atoms with van der Waals surface area (Å²) in [4.78, 5) is 45.7. The number of hydrogen-bond donors (Lipinski definition) is 5. The molecular formula is C23H28N6O5. The predicted molar refractivity (Wildman–Crippen MR) is 126 cm³/mol. The fourth-order valence-corrected chi connectivity index (χ4v) is 3.26. The number of anilines is 1. The van der Waals surface area contributed by atoms with E-state index in [-0.39, 0.29) is 41.3 Å². The fraction of sp³-hybridized carbons (Fsp3) is 0.348. The third kappa shape index (κ3) is 6.07. The van der Waals surface area contributed by atoms with Crippen LogP contribution < -0.4 is 20.7 Å². The van der Waals surface area contributed by atoms with Crippen molar-refractivity contribution in [2.24, 2.45) is 0 Å². The third-order valence-electron chi connectivity index (χ3n) is 4.89. The van der Waals surface area contributed by atoms with E-state index in [1.807, 2.05) is 0 Å². The van der Waals surface area contributed by atoms with Gasteiger partial charge in [0, 0.05) is 12.7 Å². The van der Waals surface area contributed by atoms with Gasteiger partial charge in [0.1, 0.15) is 23.2 Å². The van der Waals surface area contributed by atoms with Gasteiger partial charge in [-0.3, -0.25) is 9.59 Å². The van der Waals surface area contributed by atoms with Crippen molar-refractivity contribution in [1.82, 2.24) is 25.6 Å². The molecule has 0 aliphatic carbocycles. The topological polar surface area (TPSA) is 158 Å². The largest absolute Gasteiger partial charge is 0.482 e. The van der Waals surface area contributed by atoms with Gasteiger partial charge in [0.2, 0.25) is 0 Å². The molecule has 0 bridgehead atoms. The number of ether oxygens (including phenoxy) is 1. The predicted octanol–water partition coefficient (Wildman–Crippen LogP) is 2.31. The first-order chi connectivity index (χ1) is 16.4. The third-order valence-corrected chi connectivity index (χ3v) is 4.89. The van der Waals surface area contributed by atoms with Crippen molar-refractivity contribution in [1.29, 1.82) is 0 Å². The minimum absolute atomic E-state index is 0.0265. The smallest absolute Gasteiger partial charge is 0.339 e. The standard InChI is InChI=1S/C17H13N5O5.C6H15N/c23-12-6-27-11-2-1-8(3-10(11)22-12)4-19-16(24)15-14-13(20-7-21-15)9(5-18-14)17(25)26;1-3-5-7-6-4-2/h1-3,5,7,18H,4,6H2,(H,19,24)(H,22,23)(H,25,26);7H,3-6H2,1-2H3. The number of carbonyl (C=O) groups excluding carboxylic acids is 2. The van der Waals surface area contributed by atoms with Crippen LogP contribution in [0.25, 0.3) is 11.0 Å². The van der Waals surface area contributed by atoms with E-state index in [2.05, 4.69) is 44.7 Å². The quantitative estimate of drug-likeness (QED) is 0.315. The number of rotatable bonds is 8. The van der Waals surface area contributed by atoms with Gasteiger partial charge in [0.05, 0.1) is 11.2 Å². The molecule has 5 N–H and O–H groups in total. The van der Waals surface area contributed by atoms with Gasteiger partial charge in [0.15, 0.2) is 12.3 Å².